The van der Waals surface area contributed by atoms with Crippen LogP contribution in [0.5, 0.6) is 0 Å². The van der Waals surface area contributed by atoms with Crippen LogP contribution in [-0.2, 0) is 21.4 Å². The van der Waals surface area contributed by atoms with Gasteiger partial charge < -0.3 is 4.57 Å². The zero-order chi connectivity index (χ0) is 18.5. The van der Waals surface area contributed by atoms with E-state index in [-0.39, 0.29) is 16.9 Å². The SMILES string of the molecule is Cc1cn2c(n1)[C@H](C)C[C@H](C(=O)NS(=O)(=O)c1cnn(C3CCC3)c1)C2. The third-order valence-corrected chi connectivity index (χ3v) is 6.67. The van der Waals surface area contributed by atoms with Gasteiger partial charge in [-0.1, -0.05) is 6.92 Å². The van der Waals surface area contributed by atoms with Crippen LogP contribution in [0.15, 0.2) is 23.5 Å². The van der Waals surface area contributed by atoms with Crippen LogP contribution in [0, 0.1) is 12.8 Å². The minimum Gasteiger partial charge on any atom is -0.334 e. The Hall–Kier alpha value is -2.16. The molecule has 2 aromatic rings. The molecule has 1 amide bonds. The number of nitrogens with zero attached hydrogens (tertiary/aromatic N) is 4. The van der Waals surface area contributed by atoms with E-state index >= 15 is 0 Å². The maximum absolute atomic E-state index is 12.6. The largest absolute Gasteiger partial charge is 0.334 e. The molecule has 0 radical (unpaired) electrons. The number of hydrogen-bond acceptors (Lipinski definition) is 5. The molecule has 1 N–H and O–H groups in total. The number of fused-ring (bicyclic) bond motifs is 1. The van der Waals surface area contributed by atoms with E-state index in [1.165, 1.54) is 12.4 Å². The predicted molar refractivity (Wildman–Crippen MR) is 93.9 cm³/mol. The number of rotatable bonds is 4. The zero-order valence-corrected chi connectivity index (χ0v) is 15.7. The lowest BCUT2D eigenvalue weighted by Crippen LogP contribution is -2.39. The summed E-state index contributed by atoms with van der Waals surface area (Å²) in [6.07, 6.45) is 8.48. The van der Waals surface area contributed by atoms with Crippen LogP contribution < -0.4 is 4.72 Å². The van der Waals surface area contributed by atoms with Crippen LogP contribution in [0.25, 0.3) is 0 Å². The van der Waals surface area contributed by atoms with E-state index in [0.29, 0.717) is 13.0 Å². The number of aryl methyl sites for hydroxylation is 1. The van der Waals surface area contributed by atoms with Crippen molar-refractivity contribution >= 4 is 15.9 Å². The molecular weight excluding hydrogens is 354 g/mol. The van der Waals surface area contributed by atoms with Crippen molar-refractivity contribution in [3.8, 4) is 0 Å². The first-order chi connectivity index (χ1) is 12.3. The van der Waals surface area contributed by atoms with Crippen LogP contribution in [-0.4, -0.2) is 33.7 Å². The van der Waals surface area contributed by atoms with Crippen molar-refractivity contribution in [1.82, 2.24) is 24.1 Å². The molecular formula is C17H23N5O3S. The van der Waals surface area contributed by atoms with Crippen LogP contribution in [0.1, 0.15) is 56.1 Å². The van der Waals surface area contributed by atoms with Gasteiger partial charge >= 0.3 is 0 Å². The first-order valence-electron chi connectivity index (χ1n) is 8.98. The molecule has 1 fully saturated rings. The summed E-state index contributed by atoms with van der Waals surface area (Å²) in [5.74, 6) is 0.196. The lowest BCUT2D eigenvalue weighted by molar-refractivity contribution is -0.124. The van der Waals surface area contributed by atoms with Crippen molar-refractivity contribution in [3.05, 3.63) is 30.1 Å². The molecule has 8 nitrogen and oxygen atoms in total. The number of hydrogen-bond donors (Lipinski definition) is 1. The van der Waals surface area contributed by atoms with Gasteiger partial charge in [0.2, 0.25) is 5.91 Å². The van der Waals surface area contributed by atoms with E-state index in [4.69, 9.17) is 0 Å². The molecule has 1 saturated carbocycles. The third kappa shape index (κ3) is 3.04. The van der Waals surface area contributed by atoms with Crippen molar-refractivity contribution in [1.29, 1.82) is 0 Å². The monoisotopic (exact) mass is 377 g/mol. The fourth-order valence-electron chi connectivity index (χ4n) is 3.72. The summed E-state index contributed by atoms with van der Waals surface area (Å²) in [6, 6.07) is 0.275. The van der Waals surface area contributed by atoms with Gasteiger partial charge in [-0.25, -0.2) is 18.1 Å². The Labute approximate surface area is 152 Å². The molecule has 26 heavy (non-hydrogen) atoms. The second kappa shape index (κ2) is 6.22. The van der Waals surface area contributed by atoms with Gasteiger partial charge in [0.25, 0.3) is 10.0 Å². The highest BCUT2D eigenvalue weighted by Crippen LogP contribution is 2.32. The summed E-state index contributed by atoms with van der Waals surface area (Å²) < 4.78 is 31.0. The van der Waals surface area contributed by atoms with E-state index in [0.717, 1.165) is 30.8 Å². The Kier molecular flexibility index (Phi) is 4.13. The van der Waals surface area contributed by atoms with E-state index < -0.39 is 21.8 Å². The molecule has 3 heterocycles. The molecule has 2 aliphatic rings. The van der Waals surface area contributed by atoms with Crippen molar-refractivity contribution in [2.24, 2.45) is 5.92 Å². The molecule has 2 atom stereocenters. The lowest BCUT2D eigenvalue weighted by Gasteiger charge is -2.27. The van der Waals surface area contributed by atoms with Gasteiger partial charge in [-0.05, 0) is 32.6 Å². The molecule has 9 heteroatoms. The third-order valence-electron chi connectivity index (χ3n) is 5.37. The normalized spacial score (nSPS) is 23.3. The maximum atomic E-state index is 12.6. The quantitative estimate of drug-likeness (QED) is 0.875. The first-order valence-corrected chi connectivity index (χ1v) is 10.5. The molecule has 0 bridgehead atoms. The summed E-state index contributed by atoms with van der Waals surface area (Å²) in [5.41, 5.74) is 0.906. The molecule has 0 aromatic carbocycles. The summed E-state index contributed by atoms with van der Waals surface area (Å²) in [5, 5.41) is 4.14. The number of carbonyl (C=O) groups is 1. The minimum atomic E-state index is -3.90. The van der Waals surface area contributed by atoms with Gasteiger partial charge in [0, 0.05) is 24.9 Å². The average molecular weight is 377 g/mol. The smallest absolute Gasteiger partial charge is 0.267 e. The number of aromatic nitrogens is 4. The maximum Gasteiger partial charge on any atom is 0.267 e. The number of amides is 1. The summed E-state index contributed by atoms with van der Waals surface area (Å²) in [4.78, 5) is 17.1. The Morgan fingerprint density at radius 2 is 2.08 bits per heavy atom. The lowest BCUT2D eigenvalue weighted by atomic mass is 9.91. The highest BCUT2D eigenvalue weighted by molar-refractivity contribution is 7.90. The van der Waals surface area contributed by atoms with Gasteiger partial charge in [0.1, 0.15) is 10.7 Å². The van der Waals surface area contributed by atoms with E-state index in [1.54, 1.807) is 4.68 Å². The fraction of sp³-hybridized carbons (Fsp3) is 0.588. The van der Waals surface area contributed by atoms with E-state index in [1.807, 2.05) is 24.6 Å². The van der Waals surface area contributed by atoms with Gasteiger partial charge in [-0.2, -0.15) is 5.10 Å². The highest BCUT2D eigenvalue weighted by atomic mass is 32.2. The standard InChI is InChI=1S/C17H23N5O3S/c1-11-6-13(9-21-8-12(2)19-16(11)21)17(23)20-26(24,25)15-7-18-22(10-15)14-4-3-5-14/h7-8,10-11,13-14H,3-6,9H2,1-2H3,(H,20,23)/t11-,13+/m1/s1. The molecule has 0 spiro atoms. The fourth-order valence-corrected chi connectivity index (χ4v) is 4.71. The summed E-state index contributed by atoms with van der Waals surface area (Å²) >= 11 is 0. The van der Waals surface area contributed by atoms with E-state index in [2.05, 4.69) is 14.8 Å². The molecule has 1 aliphatic carbocycles. The van der Waals surface area contributed by atoms with Crippen molar-refractivity contribution < 1.29 is 13.2 Å². The van der Waals surface area contributed by atoms with Crippen molar-refractivity contribution in [3.63, 3.8) is 0 Å². The summed E-state index contributed by atoms with van der Waals surface area (Å²) in [6.45, 7) is 4.37. The Morgan fingerprint density at radius 3 is 2.77 bits per heavy atom. The van der Waals surface area contributed by atoms with Gasteiger partial charge in [-0.3, -0.25) is 9.48 Å². The molecule has 4 rings (SSSR count). The van der Waals surface area contributed by atoms with Gasteiger partial charge in [0.15, 0.2) is 0 Å². The number of carbonyl (C=O) groups excluding carboxylic acids is 1. The summed E-state index contributed by atoms with van der Waals surface area (Å²) in [7, 11) is -3.90. The molecule has 1 aliphatic heterocycles. The molecule has 0 saturated heterocycles. The zero-order valence-electron chi connectivity index (χ0n) is 14.9. The van der Waals surface area contributed by atoms with Crippen molar-refractivity contribution in [2.75, 3.05) is 0 Å². The van der Waals surface area contributed by atoms with Crippen LogP contribution >= 0.6 is 0 Å². The van der Waals surface area contributed by atoms with Crippen LogP contribution in [0.2, 0.25) is 0 Å². The molecule has 0 unspecified atom stereocenters. The second-order valence-corrected chi connectivity index (χ2v) is 9.12. The molecule has 2 aromatic heterocycles. The minimum absolute atomic E-state index is 0.0424. The Balaban J connectivity index is 1.48. The van der Waals surface area contributed by atoms with Crippen LogP contribution in [0.4, 0.5) is 0 Å². The Bertz CT molecular complexity index is 942. The second-order valence-electron chi connectivity index (χ2n) is 7.44. The van der Waals surface area contributed by atoms with Gasteiger partial charge in [-0.15, -0.1) is 0 Å². The topological polar surface area (TPSA) is 98.9 Å². The average Bonchev–Trinajstić information content (AvgIpc) is 3.12. The van der Waals surface area contributed by atoms with Gasteiger partial charge in [0.05, 0.1) is 23.9 Å². The van der Waals surface area contributed by atoms with Crippen molar-refractivity contribution in [2.45, 2.75) is 62.9 Å². The predicted octanol–water partition coefficient (Wildman–Crippen LogP) is 1.74. The first kappa shape index (κ1) is 17.3. The highest BCUT2D eigenvalue weighted by Gasteiger charge is 2.33. The molecule has 140 valence electrons. The van der Waals surface area contributed by atoms with E-state index in [9.17, 15) is 13.2 Å². The number of imidazole rings is 1. The number of nitrogens with one attached hydrogen (secondary N) is 1. The Morgan fingerprint density at radius 1 is 1.31 bits per heavy atom. The van der Waals surface area contributed by atoms with Crippen LogP contribution in [0.3, 0.4) is 0 Å². The number of sulfonamides is 1.